The quantitative estimate of drug-likeness (QED) is 0.722. The smallest absolute Gasteiger partial charge is 0.335 e. The zero-order chi connectivity index (χ0) is 19.9. The van der Waals surface area contributed by atoms with Crippen LogP contribution < -0.4 is 11.2 Å². The second-order valence-corrected chi connectivity index (χ2v) is 12.6. The second-order valence-electron chi connectivity index (χ2n) is 7.85. The molecule has 0 amide bonds. The van der Waals surface area contributed by atoms with Crippen molar-refractivity contribution >= 4 is 14.3 Å². The van der Waals surface area contributed by atoms with Gasteiger partial charge in [0.25, 0.3) is 5.56 Å². The number of carboxylic acid groups (broad SMARTS) is 1. The maximum atomic E-state index is 12.1. The molecule has 0 aromatic carbocycles. The summed E-state index contributed by atoms with van der Waals surface area (Å²) in [6, 6.07) is 1.16. The van der Waals surface area contributed by atoms with Crippen LogP contribution in [0, 0.1) is 0 Å². The van der Waals surface area contributed by atoms with E-state index in [2.05, 4.69) is 4.98 Å². The van der Waals surface area contributed by atoms with Crippen LogP contribution in [0.25, 0.3) is 0 Å². The fourth-order valence-corrected chi connectivity index (χ4v) is 3.88. The molecule has 0 saturated carbocycles. The van der Waals surface area contributed by atoms with Crippen molar-refractivity contribution < 1.29 is 23.8 Å². The van der Waals surface area contributed by atoms with E-state index in [0.29, 0.717) is 0 Å². The van der Waals surface area contributed by atoms with Gasteiger partial charge in [0.1, 0.15) is 12.2 Å². The SMILES string of the molecule is CO[C@@H]1[C@H](O[Si](C)(C)C(C)(C)C)[C@@H](C(=O)O)O[C@H]1n1ccc(=O)[nH]c1=O. The molecule has 0 aliphatic carbocycles. The molecule has 4 atom stereocenters. The summed E-state index contributed by atoms with van der Waals surface area (Å²) in [6.07, 6.45) is -2.78. The number of carbonyl (C=O) groups is 1. The van der Waals surface area contributed by atoms with Crippen molar-refractivity contribution in [2.24, 2.45) is 0 Å². The molecule has 1 fully saturated rings. The number of aliphatic carboxylic acids is 1. The highest BCUT2D eigenvalue weighted by Crippen LogP contribution is 2.41. The molecule has 9 nitrogen and oxygen atoms in total. The van der Waals surface area contributed by atoms with Crippen LogP contribution in [0.5, 0.6) is 0 Å². The zero-order valence-electron chi connectivity index (χ0n) is 15.8. The third kappa shape index (κ3) is 3.82. The molecular weight excluding hydrogens is 360 g/mol. The largest absolute Gasteiger partial charge is 0.479 e. The second kappa shape index (κ2) is 7.10. The van der Waals surface area contributed by atoms with E-state index < -0.39 is 50.1 Å². The first-order chi connectivity index (χ1) is 11.9. The minimum absolute atomic E-state index is 0.152. The summed E-state index contributed by atoms with van der Waals surface area (Å²) in [4.78, 5) is 37.3. The highest BCUT2D eigenvalue weighted by Gasteiger charge is 2.53. The fourth-order valence-electron chi connectivity index (χ4n) is 2.59. The van der Waals surface area contributed by atoms with Crippen LogP contribution in [0.1, 0.15) is 27.0 Å². The molecule has 1 aromatic rings. The predicted molar refractivity (Wildman–Crippen MR) is 95.7 cm³/mol. The van der Waals surface area contributed by atoms with Gasteiger partial charge < -0.3 is 19.0 Å². The average molecular weight is 386 g/mol. The van der Waals surface area contributed by atoms with Crippen LogP contribution >= 0.6 is 0 Å². The van der Waals surface area contributed by atoms with Gasteiger partial charge in [-0.3, -0.25) is 14.3 Å². The average Bonchev–Trinajstić information content (AvgIpc) is 2.83. The summed E-state index contributed by atoms with van der Waals surface area (Å²) >= 11 is 0. The maximum absolute atomic E-state index is 12.1. The summed E-state index contributed by atoms with van der Waals surface area (Å²) in [5.74, 6) is -1.20. The predicted octanol–water partition coefficient (Wildman–Crippen LogP) is 0.924. The molecule has 2 N–H and O–H groups in total. The third-order valence-corrected chi connectivity index (χ3v) is 9.54. The van der Waals surface area contributed by atoms with Gasteiger partial charge in [-0.2, -0.15) is 0 Å². The summed E-state index contributed by atoms with van der Waals surface area (Å²) < 4.78 is 18.5. The molecule has 146 valence electrons. The van der Waals surface area contributed by atoms with Gasteiger partial charge >= 0.3 is 11.7 Å². The first-order valence-corrected chi connectivity index (χ1v) is 11.2. The van der Waals surface area contributed by atoms with E-state index in [0.717, 1.165) is 10.6 Å². The molecule has 2 rings (SSSR count). The van der Waals surface area contributed by atoms with Gasteiger partial charge in [-0.15, -0.1) is 0 Å². The Morgan fingerprint density at radius 2 is 1.92 bits per heavy atom. The Kier molecular flexibility index (Phi) is 5.62. The summed E-state index contributed by atoms with van der Waals surface area (Å²) in [5, 5.41) is 9.43. The molecule has 0 unspecified atom stereocenters. The van der Waals surface area contributed by atoms with E-state index in [9.17, 15) is 19.5 Å². The van der Waals surface area contributed by atoms with E-state index >= 15 is 0 Å². The van der Waals surface area contributed by atoms with E-state index in [-0.39, 0.29) is 5.04 Å². The van der Waals surface area contributed by atoms with E-state index in [4.69, 9.17) is 13.9 Å². The number of methoxy groups -OCH3 is 1. The van der Waals surface area contributed by atoms with Crippen molar-refractivity contribution in [1.82, 2.24) is 9.55 Å². The van der Waals surface area contributed by atoms with Gasteiger partial charge in [-0.25, -0.2) is 9.59 Å². The van der Waals surface area contributed by atoms with Crippen LogP contribution in [-0.4, -0.2) is 54.4 Å². The molecule has 1 saturated heterocycles. The molecule has 0 radical (unpaired) electrons. The van der Waals surface area contributed by atoms with Gasteiger partial charge in [0.15, 0.2) is 20.6 Å². The molecule has 0 bridgehead atoms. The summed E-state index contributed by atoms with van der Waals surface area (Å²) in [5.41, 5.74) is -1.26. The topological polar surface area (TPSA) is 120 Å². The van der Waals surface area contributed by atoms with Gasteiger partial charge in [0, 0.05) is 19.4 Å². The van der Waals surface area contributed by atoms with Crippen LogP contribution in [0.4, 0.5) is 0 Å². The highest BCUT2D eigenvalue weighted by molar-refractivity contribution is 6.74. The number of hydrogen-bond donors (Lipinski definition) is 2. The monoisotopic (exact) mass is 386 g/mol. The Morgan fingerprint density at radius 3 is 2.38 bits per heavy atom. The number of carboxylic acids is 1. The summed E-state index contributed by atoms with van der Waals surface area (Å²) in [7, 11) is -0.931. The van der Waals surface area contributed by atoms with Gasteiger partial charge in [-0.1, -0.05) is 20.8 Å². The van der Waals surface area contributed by atoms with E-state index in [1.165, 1.54) is 13.3 Å². The molecule has 1 aliphatic rings. The van der Waals surface area contributed by atoms with Crippen molar-refractivity contribution in [1.29, 1.82) is 0 Å². The normalized spacial score (nSPS) is 26.8. The van der Waals surface area contributed by atoms with Crippen LogP contribution in [0.15, 0.2) is 21.9 Å². The van der Waals surface area contributed by atoms with Gasteiger partial charge in [-0.05, 0) is 18.1 Å². The van der Waals surface area contributed by atoms with Crippen molar-refractivity contribution in [3.05, 3.63) is 33.1 Å². The maximum Gasteiger partial charge on any atom is 0.335 e. The molecule has 1 aromatic heterocycles. The van der Waals surface area contributed by atoms with Gasteiger partial charge in [0.2, 0.25) is 0 Å². The molecule has 1 aliphatic heterocycles. The fraction of sp³-hybridized carbons (Fsp3) is 0.688. The molecule has 0 spiro atoms. The summed E-state index contributed by atoms with van der Waals surface area (Å²) in [6.45, 7) is 10.1. The molecule has 26 heavy (non-hydrogen) atoms. The number of aromatic amines is 1. The van der Waals surface area contributed by atoms with Crippen LogP contribution in [-0.2, 0) is 18.7 Å². The Hall–Kier alpha value is -1.75. The molecular formula is C16H26N2O7Si. The first-order valence-electron chi connectivity index (χ1n) is 8.29. The van der Waals surface area contributed by atoms with Crippen molar-refractivity contribution in [3.8, 4) is 0 Å². The Morgan fingerprint density at radius 1 is 1.31 bits per heavy atom. The minimum atomic E-state index is -2.34. The highest BCUT2D eigenvalue weighted by atomic mass is 28.4. The lowest BCUT2D eigenvalue weighted by atomic mass is 10.1. The number of nitrogens with zero attached hydrogens (tertiary/aromatic N) is 1. The number of rotatable bonds is 5. The van der Waals surface area contributed by atoms with Crippen molar-refractivity contribution in [3.63, 3.8) is 0 Å². The third-order valence-electron chi connectivity index (χ3n) is 5.07. The lowest BCUT2D eigenvalue weighted by molar-refractivity contribution is -0.155. The zero-order valence-corrected chi connectivity index (χ0v) is 16.8. The Bertz CT molecular complexity index is 780. The van der Waals surface area contributed by atoms with Crippen molar-refractivity contribution in [2.75, 3.05) is 7.11 Å². The minimum Gasteiger partial charge on any atom is -0.479 e. The Balaban J connectivity index is 2.45. The number of H-pyrrole nitrogens is 1. The lowest BCUT2D eigenvalue weighted by Gasteiger charge is -2.40. The van der Waals surface area contributed by atoms with Gasteiger partial charge in [0.05, 0.1) is 0 Å². The van der Waals surface area contributed by atoms with Crippen molar-refractivity contribution in [2.45, 2.75) is 63.4 Å². The van der Waals surface area contributed by atoms with E-state index in [1.54, 1.807) is 0 Å². The van der Waals surface area contributed by atoms with E-state index in [1.807, 2.05) is 33.9 Å². The molecule has 10 heteroatoms. The first kappa shape index (κ1) is 20.6. The number of ether oxygens (including phenoxy) is 2. The van der Waals surface area contributed by atoms with Crippen LogP contribution in [0.3, 0.4) is 0 Å². The number of aromatic nitrogens is 2. The van der Waals surface area contributed by atoms with Crippen LogP contribution in [0.2, 0.25) is 18.1 Å². The standard InChI is InChI=1S/C16H26N2O7Si/c1-16(2,3)26(5,6)25-10-11(23-4)13(24-12(10)14(20)21)18-8-7-9(19)17-15(18)22/h7-8,10-13H,1-6H3,(H,20,21)(H,17,19,22)/t10-,11+,12-,13+/m0/s1. The molecule has 2 heterocycles. The number of hydrogen-bond acceptors (Lipinski definition) is 6. The Labute approximate surface area is 152 Å². The lowest BCUT2D eigenvalue weighted by Crippen LogP contribution is -2.51. The number of nitrogens with one attached hydrogen (secondary N) is 1.